The number of aryl methyl sites for hydroxylation is 1. The molecule has 0 aliphatic carbocycles. The van der Waals surface area contributed by atoms with Gasteiger partial charge in [0, 0.05) is 27.7 Å². The van der Waals surface area contributed by atoms with Crippen LogP contribution in [-0.2, 0) is 13.2 Å². The molecule has 0 fully saturated rings. The van der Waals surface area contributed by atoms with Crippen LogP contribution in [0.4, 0.5) is 0 Å². The summed E-state index contributed by atoms with van der Waals surface area (Å²) in [5.41, 5.74) is 5.16. The lowest BCUT2D eigenvalue weighted by Crippen LogP contribution is -2.29. The highest BCUT2D eigenvalue weighted by Gasteiger charge is 2.43. The predicted octanol–water partition coefficient (Wildman–Crippen LogP) is 7.73. The van der Waals surface area contributed by atoms with Crippen molar-refractivity contribution in [2.24, 2.45) is 0 Å². The number of phenols is 1. The Labute approximate surface area is 253 Å². The molecule has 42 heavy (non-hydrogen) atoms. The molecule has 212 valence electrons. The molecule has 6 rings (SSSR count). The number of amides is 1. The summed E-state index contributed by atoms with van der Waals surface area (Å²) >= 11 is 13.0. The standard InChI is InChI=1S/C33H27Cl2N3O4/c1-19-14-26(39)23(16-25(19)35)30-29-31(37-36-30)33(40)38(17-22-10-6-7-11-24(22)34)32(29)21-12-13-27(28(15-21)41-2)42-18-20-8-4-3-5-9-20/h3-16,32,39H,17-18H2,1-2H3,(H,36,37). The fourth-order valence-corrected chi connectivity index (χ4v) is 5.65. The van der Waals surface area contributed by atoms with Crippen molar-refractivity contribution in [2.45, 2.75) is 26.1 Å². The van der Waals surface area contributed by atoms with Crippen molar-refractivity contribution in [3.8, 4) is 28.5 Å². The molecule has 0 bridgehead atoms. The van der Waals surface area contributed by atoms with Crippen molar-refractivity contribution in [1.82, 2.24) is 15.1 Å². The van der Waals surface area contributed by atoms with E-state index in [2.05, 4.69) is 10.2 Å². The fourth-order valence-electron chi connectivity index (χ4n) is 5.29. The number of aromatic hydroxyl groups is 1. The molecule has 1 atom stereocenters. The zero-order valence-electron chi connectivity index (χ0n) is 22.9. The maximum atomic E-state index is 13.9. The summed E-state index contributed by atoms with van der Waals surface area (Å²) in [6.45, 7) is 2.44. The summed E-state index contributed by atoms with van der Waals surface area (Å²) in [5.74, 6) is 0.870. The summed E-state index contributed by atoms with van der Waals surface area (Å²) in [4.78, 5) is 15.6. The van der Waals surface area contributed by atoms with Gasteiger partial charge in [-0.3, -0.25) is 9.89 Å². The Morgan fingerprint density at radius 2 is 1.71 bits per heavy atom. The Morgan fingerprint density at radius 3 is 2.48 bits per heavy atom. The Kier molecular flexibility index (Phi) is 7.54. The number of ether oxygens (including phenoxy) is 2. The first kappa shape index (κ1) is 27.7. The molecule has 0 spiro atoms. The van der Waals surface area contributed by atoms with E-state index in [0.717, 1.165) is 22.3 Å². The van der Waals surface area contributed by atoms with Gasteiger partial charge in [-0.2, -0.15) is 5.10 Å². The van der Waals surface area contributed by atoms with E-state index in [0.29, 0.717) is 50.7 Å². The molecule has 0 saturated carbocycles. The molecule has 0 saturated heterocycles. The number of hydrogen-bond donors (Lipinski definition) is 2. The summed E-state index contributed by atoms with van der Waals surface area (Å²) < 4.78 is 11.8. The largest absolute Gasteiger partial charge is 0.507 e. The van der Waals surface area contributed by atoms with Gasteiger partial charge in [0.2, 0.25) is 0 Å². The van der Waals surface area contributed by atoms with Crippen LogP contribution < -0.4 is 9.47 Å². The lowest BCUT2D eigenvalue weighted by Gasteiger charge is -2.27. The lowest BCUT2D eigenvalue weighted by molar-refractivity contribution is 0.0730. The van der Waals surface area contributed by atoms with E-state index >= 15 is 0 Å². The topological polar surface area (TPSA) is 87.7 Å². The normalized spacial score (nSPS) is 14.2. The van der Waals surface area contributed by atoms with Crippen LogP contribution in [0.25, 0.3) is 11.3 Å². The minimum absolute atomic E-state index is 0.0178. The van der Waals surface area contributed by atoms with Gasteiger partial charge in [0.25, 0.3) is 5.91 Å². The second kappa shape index (κ2) is 11.4. The molecule has 1 aliphatic heterocycles. The molecule has 5 aromatic rings. The van der Waals surface area contributed by atoms with E-state index in [-0.39, 0.29) is 18.2 Å². The second-order valence-corrected chi connectivity index (χ2v) is 10.9. The van der Waals surface area contributed by atoms with E-state index in [1.165, 1.54) is 0 Å². The minimum atomic E-state index is -0.575. The average Bonchev–Trinajstić information content (AvgIpc) is 3.54. The van der Waals surface area contributed by atoms with Crippen molar-refractivity contribution in [3.05, 3.63) is 128 Å². The minimum Gasteiger partial charge on any atom is -0.507 e. The molecule has 7 nitrogen and oxygen atoms in total. The Balaban J connectivity index is 1.45. The summed E-state index contributed by atoms with van der Waals surface area (Å²) in [7, 11) is 1.58. The number of nitrogens with zero attached hydrogens (tertiary/aromatic N) is 2. The Morgan fingerprint density at radius 1 is 0.952 bits per heavy atom. The third-order valence-corrected chi connectivity index (χ3v) is 8.21. The van der Waals surface area contributed by atoms with Crippen LogP contribution in [0.2, 0.25) is 10.0 Å². The molecule has 9 heteroatoms. The zero-order valence-corrected chi connectivity index (χ0v) is 24.4. The molecule has 2 heterocycles. The summed E-state index contributed by atoms with van der Waals surface area (Å²) in [5, 5.41) is 19.3. The number of fused-ring (bicyclic) bond motifs is 1. The first-order valence-electron chi connectivity index (χ1n) is 13.3. The second-order valence-electron chi connectivity index (χ2n) is 10.1. The van der Waals surface area contributed by atoms with Crippen molar-refractivity contribution in [1.29, 1.82) is 0 Å². The van der Waals surface area contributed by atoms with E-state index in [1.54, 1.807) is 30.2 Å². The molecule has 1 aromatic heterocycles. The van der Waals surface area contributed by atoms with E-state index in [9.17, 15) is 9.90 Å². The molecule has 1 amide bonds. The first-order chi connectivity index (χ1) is 20.4. The number of carbonyl (C=O) groups is 1. The van der Waals surface area contributed by atoms with E-state index < -0.39 is 6.04 Å². The van der Waals surface area contributed by atoms with Gasteiger partial charge in [-0.1, -0.05) is 77.8 Å². The van der Waals surface area contributed by atoms with Gasteiger partial charge < -0.3 is 19.5 Å². The van der Waals surface area contributed by atoms with Gasteiger partial charge >= 0.3 is 0 Å². The molecule has 0 radical (unpaired) electrons. The quantitative estimate of drug-likeness (QED) is 0.190. The Bertz CT molecular complexity index is 1790. The molecular formula is C33H27Cl2N3O4. The van der Waals surface area contributed by atoms with Crippen LogP contribution >= 0.6 is 23.2 Å². The van der Waals surface area contributed by atoms with E-state index in [4.69, 9.17) is 32.7 Å². The zero-order chi connectivity index (χ0) is 29.4. The smallest absolute Gasteiger partial charge is 0.273 e. The van der Waals surface area contributed by atoms with Crippen molar-refractivity contribution in [2.75, 3.05) is 7.11 Å². The van der Waals surface area contributed by atoms with Crippen molar-refractivity contribution in [3.63, 3.8) is 0 Å². The number of rotatable bonds is 8. The SMILES string of the molecule is COc1cc(C2c3c(-c4cc(Cl)c(C)cc4O)n[nH]c3C(=O)N2Cc2ccccc2Cl)ccc1OCc1ccccc1. The number of nitrogens with one attached hydrogen (secondary N) is 1. The highest BCUT2D eigenvalue weighted by molar-refractivity contribution is 6.32. The molecule has 1 unspecified atom stereocenters. The van der Waals surface area contributed by atoms with Gasteiger partial charge in [-0.05, 0) is 59.5 Å². The highest BCUT2D eigenvalue weighted by atomic mass is 35.5. The molecular weight excluding hydrogens is 573 g/mol. The van der Waals surface area contributed by atoms with Gasteiger partial charge in [0.15, 0.2) is 11.5 Å². The van der Waals surface area contributed by atoms with Gasteiger partial charge in [0.05, 0.1) is 13.2 Å². The number of carbonyl (C=O) groups excluding carboxylic acids is 1. The highest BCUT2D eigenvalue weighted by Crippen LogP contribution is 2.47. The van der Waals surface area contributed by atoms with Crippen molar-refractivity contribution >= 4 is 29.1 Å². The fraction of sp³-hybridized carbons (Fsp3) is 0.152. The number of methoxy groups -OCH3 is 1. The number of aromatic amines is 1. The average molecular weight is 601 g/mol. The lowest BCUT2D eigenvalue weighted by atomic mass is 9.94. The molecule has 1 aliphatic rings. The number of aromatic nitrogens is 2. The van der Waals surface area contributed by atoms with Crippen LogP contribution in [-0.4, -0.2) is 33.2 Å². The molecule has 2 N–H and O–H groups in total. The van der Waals surface area contributed by atoms with E-state index in [1.807, 2.05) is 73.7 Å². The van der Waals surface area contributed by atoms with Crippen molar-refractivity contribution < 1.29 is 19.4 Å². The predicted molar refractivity (Wildman–Crippen MR) is 162 cm³/mol. The summed E-state index contributed by atoms with van der Waals surface area (Å²) in [6.07, 6.45) is 0. The first-order valence-corrected chi connectivity index (χ1v) is 14.1. The van der Waals surface area contributed by atoms with Gasteiger partial charge in [-0.25, -0.2) is 0 Å². The van der Waals surface area contributed by atoms with Crippen LogP contribution in [0.3, 0.4) is 0 Å². The summed E-state index contributed by atoms with van der Waals surface area (Å²) in [6, 6.07) is 25.6. The molecule has 4 aromatic carbocycles. The maximum Gasteiger partial charge on any atom is 0.273 e. The van der Waals surface area contributed by atoms with Crippen LogP contribution in [0.5, 0.6) is 17.2 Å². The monoisotopic (exact) mass is 599 g/mol. The van der Waals surface area contributed by atoms with Gasteiger partial charge in [-0.15, -0.1) is 0 Å². The maximum absolute atomic E-state index is 13.9. The Hall–Kier alpha value is -4.46. The van der Waals surface area contributed by atoms with Gasteiger partial charge in [0.1, 0.15) is 23.7 Å². The third kappa shape index (κ3) is 5.06. The number of phenolic OH excluding ortho intramolecular Hbond substituents is 1. The number of benzene rings is 4. The number of hydrogen-bond acceptors (Lipinski definition) is 5. The third-order valence-electron chi connectivity index (χ3n) is 7.43. The van der Waals surface area contributed by atoms with Crippen LogP contribution in [0.15, 0.2) is 84.9 Å². The number of H-pyrrole nitrogens is 1. The van der Waals surface area contributed by atoms with Crippen LogP contribution in [0.1, 0.15) is 44.3 Å². The number of halogens is 2. The van der Waals surface area contributed by atoms with Crippen LogP contribution in [0, 0.1) is 6.92 Å².